The second kappa shape index (κ2) is 12.8. The molecule has 45 heavy (non-hydrogen) atoms. The van der Waals surface area contributed by atoms with Crippen molar-refractivity contribution in [2.24, 2.45) is 4.40 Å². The second-order valence-corrected chi connectivity index (χ2v) is 15.4. The van der Waals surface area contributed by atoms with Crippen molar-refractivity contribution in [3.05, 3.63) is 70.4 Å². The lowest BCUT2D eigenvalue weighted by Crippen LogP contribution is -2.36. The van der Waals surface area contributed by atoms with Gasteiger partial charge in [0.05, 0.1) is 45.0 Å². The van der Waals surface area contributed by atoms with E-state index >= 15 is 0 Å². The summed E-state index contributed by atoms with van der Waals surface area (Å²) in [4.78, 5) is 2.18. The maximum atomic E-state index is 13.6. The minimum absolute atomic E-state index is 0.0292. The third-order valence-electron chi connectivity index (χ3n) is 6.66. The van der Waals surface area contributed by atoms with Gasteiger partial charge < -0.3 is 19.0 Å². The molecule has 0 radical (unpaired) electrons. The summed E-state index contributed by atoms with van der Waals surface area (Å²) in [6.45, 7) is 0.250. The number of aryl methyl sites for hydroxylation is 1. The van der Waals surface area contributed by atoms with Gasteiger partial charge in [0.1, 0.15) is 10.5 Å². The SMILES string of the molecule is CS(=O)(=O)/N=C(\[O-])CCCN1/C(=C/c2sc3ccc(-c4ccco4)cc3[n+]2CCCS(=O)(=O)[O-])Sc2ccc(C(F)(F)F)cc21. The molecule has 1 aliphatic heterocycles. The van der Waals surface area contributed by atoms with E-state index in [1.807, 2.05) is 22.8 Å². The average Bonchev–Trinajstić information content (AvgIpc) is 3.65. The number of sulfonamides is 1. The van der Waals surface area contributed by atoms with Crippen molar-refractivity contribution in [2.45, 2.75) is 36.9 Å². The fourth-order valence-electron chi connectivity index (χ4n) is 4.77. The van der Waals surface area contributed by atoms with Crippen LogP contribution in [-0.2, 0) is 32.9 Å². The van der Waals surface area contributed by atoms with E-state index in [4.69, 9.17) is 4.42 Å². The number of thiazole rings is 1. The summed E-state index contributed by atoms with van der Waals surface area (Å²) in [7, 11) is -8.36. The van der Waals surface area contributed by atoms with Crippen LogP contribution in [0.5, 0.6) is 0 Å². The lowest BCUT2D eigenvalue weighted by molar-refractivity contribution is -0.668. The first-order valence-corrected chi connectivity index (χ1v) is 18.4. The fourth-order valence-corrected chi connectivity index (χ4v) is 8.00. The highest BCUT2D eigenvalue weighted by Gasteiger charge is 2.34. The Morgan fingerprint density at radius 1 is 1.11 bits per heavy atom. The number of hydrogen-bond acceptors (Lipinski definition) is 10. The molecule has 1 aliphatic rings. The van der Waals surface area contributed by atoms with Crippen LogP contribution in [0.3, 0.4) is 0 Å². The molecular weight excluding hydrogens is 676 g/mol. The summed E-state index contributed by atoms with van der Waals surface area (Å²) in [5.74, 6) is -0.825. The van der Waals surface area contributed by atoms with E-state index in [1.54, 1.807) is 23.1 Å². The van der Waals surface area contributed by atoms with Crippen molar-refractivity contribution in [2.75, 3.05) is 23.5 Å². The van der Waals surface area contributed by atoms with Gasteiger partial charge in [0.15, 0.2) is 6.54 Å². The van der Waals surface area contributed by atoms with Gasteiger partial charge in [0, 0.05) is 35.2 Å². The van der Waals surface area contributed by atoms with Gasteiger partial charge in [0.25, 0.3) is 5.01 Å². The van der Waals surface area contributed by atoms with E-state index in [0.717, 1.165) is 34.2 Å². The molecule has 0 bridgehead atoms. The smallest absolute Gasteiger partial charge is 0.416 e. The first kappa shape index (κ1) is 33.0. The van der Waals surface area contributed by atoms with Crippen LogP contribution in [0.25, 0.3) is 27.6 Å². The number of thioether (sulfide) groups is 1. The molecule has 0 saturated heterocycles. The number of rotatable bonds is 11. The van der Waals surface area contributed by atoms with E-state index in [1.165, 1.54) is 35.4 Å². The number of aromatic nitrogens is 1. The predicted octanol–water partition coefficient (Wildman–Crippen LogP) is 4.81. The number of anilines is 1. The quantitative estimate of drug-likeness (QED) is 0.0931. The molecule has 0 N–H and O–H groups in total. The molecule has 10 nitrogen and oxygen atoms in total. The van der Waals surface area contributed by atoms with Crippen LogP contribution in [0.15, 0.2) is 73.5 Å². The lowest BCUT2D eigenvalue weighted by atomic mass is 10.1. The topological polar surface area (TPSA) is 147 Å². The molecule has 0 atom stereocenters. The zero-order valence-corrected chi connectivity index (χ0v) is 26.7. The number of alkyl halides is 3. The maximum Gasteiger partial charge on any atom is 0.416 e. The molecule has 3 heterocycles. The van der Waals surface area contributed by atoms with Gasteiger partial charge in [-0.15, -0.1) is 0 Å². The monoisotopic (exact) mass is 700 g/mol. The number of halogens is 3. The van der Waals surface area contributed by atoms with Crippen LogP contribution in [0.4, 0.5) is 18.9 Å². The number of nitrogens with zero attached hydrogens (tertiary/aromatic N) is 3. The zero-order valence-electron chi connectivity index (χ0n) is 23.5. The summed E-state index contributed by atoms with van der Waals surface area (Å²) in [6, 6.07) is 12.5. The van der Waals surface area contributed by atoms with Crippen molar-refractivity contribution < 1.29 is 48.7 Å². The van der Waals surface area contributed by atoms with Gasteiger partial charge in [-0.05, 0) is 61.2 Å². The normalized spacial score (nSPS) is 15.4. The van der Waals surface area contributed by atoms with Crippen molar-refractivity contribution >= 4 is 71.1 Å². The maximum absolute atomic E-state index is 13.6. The zero-order chi connectivity index (χ0) is 32.6. The summed E-state index contributed by atoms with van der Waals surface area (Å²) in [5, 5.41) is 13.2. The largest absolute Gasteiger partial charge is 0.861 e. The van der Waals surface area contributed by atoms with Crippen LogP contribution in [-0.4, -0.2) is 45.8 Å². The number of fused-ring (bicyclic) bond motifs is 2. The summed E-state index contributed by atoms with van der Waals surface area (Å²) in [6.07, 6.45) is -0.603. The van der Waals surface area contributed by atoms with E-state index in [2.05, 4.69) is 4.40 Å². The van der Waals surface area contributed by atoms with Crippen LogP contribution in [0, 0.1) is 0 Å². The third kappa shape index (κ3) is 8.26. The van der Waals surface area contributed by atoms with Crippen molar-refractivity contribution in [3.8, 4) is 11.3 Å². The standard InChI is InChI=1S/C28H26F3N3O7S4/c1-44(36,37)32-25(35)6-2-11-33-21-16-19(28(29,30)31)8-10-24(21)43-26(33)17-27-34(12-4-14-45(38,39)40)20-15-18(7-9-23(20)42-27)22-5-3-13-41-22/h3,5,7-10,13,15-17H,2,4,6,11-12,14H2,1H3,(H-,32,35,38,39,40)/p-1. The molecule has 17 heteroatoms. The molecule has 5 rings (SSSR count). The summed E-state index contributed by atoms with van der Waals surface area (Å²) < 4.78 is 109. The van der Waals surface area contributed by atoms with Gasteiger partial charge in [-0.1, -0.05) is 23.1 Å². The van der Waals surface area contributed by atoms with Gasteiger partial charge in [-0.3, -0.25) is 0 Å². The van der Waals surface area contributed by atoms with Crippen molar-refractivity contribution in [3.63, 3.8) is 0 Å². The van der Waals surface area contributed by atoms with E-state index in [0.29, 0.717) is 20.7 Å². The van der Waals surface area contributed by atoms with Gasteiger partial charge in [-0.25, -0.2) is 16.8 Å². The van der Waals surface area contributed by atoms with E-state index in [9.17, 15) is 39.7 Å². The minimum atomic E-state index is -4.59. The molecule has 0 aliphatic carbocycles. The van der Waals surface area contributed by atoms with Crippen molar-refractivity contribution in [1.29, 1.82) is 0 Å². The third-order valence-corrected chi connectivity index (χ3v) is 10.2. The lowest BCUT2D eigenvalue weighted by Gasteiger charge is -2.22. The molecule has 240 valence electrons. The van der Waals surface area contributed by atoms with Gasteiger partial charge in [0.2, 0.25) is 15.5 Å². The Morgan fingerprint density at radius 3 is 2.56 bits per heavy atom. The van der Waals surface area contributed by atoms with Gasteiger partial charge >= 0.3 is 6.18 Å². The summed E-state index contributed by atoms with van der Waals surface area (Å²) >= 11 is 2.59. The Kier molecular flexibility index (Phi) is 9.38. The Bertz CT molecular complexity index is 2000. The highest BCUT2D eigenvalue weighted by Crippen LogP contribution is 2.49. The fraction of sp³-hybridized carbons (Fsp3) is 0.286. The molecule has 4 aromatic rings. The molecule has 0 fully saturated rings. The predicted molar refractivity (Wildman–Crippen MR) is 163 cm³/mol. The van der Waals surface area contributed by atoms with E-state index in [-0.39, 0.29) is 38.0 Å². The summed E-state index contributed by atoms with van der Waals surface area (Å²) in [5.41, 5.74) is 0.933. The highest BCUT2D eigenvalue weighted by molar-refractivity contribution is 8.04. The minimum Gasteiger partial charge on any atom is -0.861 e. The molecule has 2 aromatic carbocycles. The molecule has 2 aromatic heterocycles. The molecular formula is C28H25F3N3O7S4-. The molecule has 0 spiro atoms. The second-order valence-electron chi connectivity index (χ2n) is 10.1. The first-order chi connectivity index (χ1) is 21.1. The Hall–Kier alpha value is -3.38. The molecule has 0 unspecified atom stereocenters. The Labute approximate surface area is 265 Å². The highest BCUT2D eigenvalue weighted by atomic mass is 32.2. The van der Waals surface area contributed by atoms with Crippen LogP contribution in [0.2, 0.25) is 0 Å². The van der Waals surface area contributed by atoms with Gasteiger partial charge in [-0.2, -0.15) is 22.1 Å². The molecule has 0 saturated carbocycles. The number of benzene rings is 2. The average molecular weight is 701 g/mol. The van der Waals surface area contributed by atoms with Crippen LogP contribution < -0.4 is 14.6 Å². The Balaban J connectivity index is 1.56. The van der Waals surface area contributed by atoms with Crippen LogP contribution >= 0.6 is 23.1 Å². The number of hydrogen-bond donors (Lipinski definition) is 0. The first-order valence-electron chi connectivity index (χ1n) is 13.4. The number of furan rings is 1. The van der Waals surface area contributed by atoms with Crippen LogP contribution in [0.1, 0.15) is 29.8 Å². The Morgan fingerprint density at radius 2 is 1.89 bits per heavy atom. The van der Waals surface area contributed by atoms with Crippen molar-refractivity contribution in [1.82, 2.24) is 0 Å². The van der Waals surface area contributed by atoms with E-state index < -0.39 is 43.5 Å². The molecule has 0 amide bonds.